The van der Waals surface area contributed by atoms with E-state index in [9.17, 15) is 4.79 Å². The van der Waals surface area contributed by atoms with Gasteiger partial charge in [-0.25, -0.2) is 4.98 Å². The van der Waals surface area contributed by atoms with E-state index in [1.165, 1.54) is 22.5 Å². The van der Waals surface area contributed by atoms with Crippen LogP contribution >= 0.6 is 11.3 Å². The molecule has 2 aromatic heterocycles. The molecule has 0 bridgehead atoms. The number of anilines is 2. The summed E-state index contributed by atoms with van der Waals surface area (Å²) in [4.78, 5) is 21.1. The van der Waals surface area contributed by atoms with Crippen LogP contribution in [0.25, 0.3) is 10.2 Å². The molecule has 0 spiro atoms. The van der Waals surface area contributed by atoms with Crippen LogP contribution in [0.1, 0.15) is 11.1 Å². The first-order valence-electron chi connectivity index (χ1n) is 8.44. The van der Waals surface area contributed by atoms with Gasteiger partial charge in [-0.15, -0.1) is 0 Å². The molecule has 4 nitrogen and oxygen atoms in total. The van der Waals surface area contributed by atoms with E-state index < -0.39 is 0 Å². The lowest BCUT2D eigenvalue weighted by Crippen LogP contribution is -2.07. The van der Waals surface area contributed by atoms with E-state index in [1.54, 1.807) is 18.3 Å². The second kappa shape index (κ2) is 7.45. The Hall–Kier alpha value is -3.05. The monoisotopic (exact) mass is 359 g/mol. The molecule has 2 aromatic carbocycles. The smallest absolute Gasteiger partial charge is 0.282 e. The second-order valence-corrected chi connectivity index (χ2v) is 6.97. The SMILES string of the molecule is O=c1nc(Nc2ccc(CCc3ccccc3)cc2)sc2ncccc12. The lowest BCUT2D eigenvalue weighted by atomic mass is 10.0. The zero-order valence-electron chi connectivity index (χ0n) is 14.1. The average Bonchev–Trinajstić information content (AvgIpc) is 2.68. The van der Waals surface area contributed by atoms with Gasteiger partial charge in [0, 0.05) is 11.9 Å². The number of nitrogens with zero attached hydrogens (tertiary/aromatic N) is 2. The fraction of sp³-hybridized carbons (Fsp3) is 0.0952. The molecule has 0 radical (unpaired) electrons. The largest absolute Gasteiger partial charge is 0.331 e. The summed E-state index contributed by atoms with van der Waals surface area (Å²) in [5.74, 6) is 0. The lowest BCUT2D eigenvalue weighted by molar-refractivity contribution is 0.960. The van der Waals surface area contributed by atoms with E-state index >= 15 is 0 Å². The van der Waals surface area contributed by atoms with Crippen molar-refractivity contribution >= 4 is 32.4 Å². The third-order valence-corrected chi connectivity index (χ3v) is 5.05. The summed E-state index contributed by atoms with van der Waals surface area (Å²) in [6, 6.07) is 22.2. The normalized spacial score (nSPS) is 10.8. The lowest BCUT2D eigenvalue weighted by Gasteiger charge is -2.07. The fourth-order valence-corrected chi connectivity index (χ4v) is 3.63. The fourth-order valence-electron chi connectivity index (χ4n) is 2.77. The third-order valence-electron chi connectivity index (χ3n) is 4.15. The maximum atomic E-state index is 12.1. The molecule has 0 aliphatic carbocycles. The minimum atomic E-state index is -0.256. The predicted molar refractivity (Wildman–Crippen MR) is 107 cm³/mol. The van der Waals surface area contributed by atoms with Gasteiger partial charge >= 0.3 is 0 Å². The van der Waals surface area contributed by atoms with Crippen molar-refractivity contribution in [1.29, 1.82) is 0 Å². The summed E-state index contributed by atoms with van der Waals surface area (Å²) in [7, 11) is 0. The van der Waals surface area contributed by atoms with Crippen LogP contribution in [0.4, 0.5) is 10.8 Å². The van der Waals surface area contributed by atoms with Gasteiger partial charge < -0.3 is 5.32 Å². The first-order chi connectivity index (χ1) is 12.8. The highest BCUT2D eigenvalue weighted by molar-refractivity contribution is 7.21. The van der Waals surface area contributed by atoms with Gasteiger partial charge in [0.15, 0.2) is 5.13 Å². The van der Waals surface area contributed by atoms with E-state index in [0.717, 1.165) is 18.5 Å². The van der Waals surface area contributed by atoms with Crippen LogP contribution in [-0.4, -0.2) is 9.97 Å². The molecule has 2 heterocycles. The summed E-state index contributed by atoms with van der Waals surface area (Å²) < 4.78 is 0. The molecule has 4 rings (SSSR count). The average molecular weight is 359 g/mol. The van der Waals surface area contributed by atoms with Crippen molar-refractivity contribution in [1.82, 2.24) is 9.97 Å². The van der Waals surface area contributed by atoms with Crippen LogP contribution in [0.3, 0.4) is 0 Å². The van der Waals surface area contributed by atoms with Gasteiger partial charge in [-0.05, 0) is 48.2 Å². The molecular weight excluding hydrogens is 342 g/mol. The van der Waals surface area contributed by atoms with Crippen molar-refractivity contribution < 1.29 is 0 Å². The maximum absolute atomic E-state index is 12.1. The molecule has 128 valence electrons. The van der Waals surface area contributed by atoms with E-state index in [0.29, 0.717) is 15.3 Å². The summed E-state index contributed by atoms with van der Waals surface area (Å²) >= 11 is 1.37. The van der Waals surface area contributed by atoms with Crippen molar-refractivity contribution in [3.63, 3.8) is 0 Å². The highest BCUT2D eigenvalue weighted by Gasteiger charge is 2.05. The van der Waals surface area contributed by atoms with Gasteiger partial charge in [0.1, 0.15) is 4.83 Å². The van der Waals surface area contributed by atoms with E-state index in [2.05, 4.69) is 51.7 Å². The Balaban J connectivity index is 1.46. The van der Waals surface area contributed by atoms with Crippen LogP contribution in [-0.2, 0) is 12.8 Å². The molecule has 0 saturated heterocycles. The molecule has 26 heavy (non-hydrogen) atoms. The molecule has 0 unspecified atom stereocenters. The van der Waals surface area contributed by atoms with Crippen molar-refractivity contribution in [2.24, 2.45) is 0 Å². The van der Waals surface area contributed by atoms with Gasteiger partial charge in [0.25, 0.3) is 5.56 Å². The predicted octanol–water partition coefficient (Wildman–Crippen LogP) is 4.58. The first-order valence-corrected chi connectivity index (χ1v) is 9.25. The second-order valence-electron chi connectivity index (χ2n) is 5.99. The van der Waals surface area contributed by atoms with Gasteiger partial charge in [-0.3, -0.25) is 4.79 Å². The molecule has 0 amide bonds. The number of aromatic nitrogens is 2. The summed E-state index contributed by atoms with van der Waals surface area (Å²) in [6.45, 7) is 0. The summed E-state index contributed by atoms with van der Waals surface area (Å²) in [5, 5.41) is 4.31. The van der Waals surface area contributed by atoms with Crippen molar-refractivity contribution in [3.05, 3.63) is 94.4 Å². The topological polar surface area (TPSA) is 54.9 Å². The number of nitrogens with one attached hydrogen (secondary N) is 1. The van der Waals surface area contributed by atoms with Gasteiger partial charge in [0.05, 0.1) is 5.39 Å². The van der Waals surface area contributed by atoms with Crippen LogP contribution in [0, 0.1) is 0 Å². The highest BCUT2D eigenvalue weighted by Crippen LogP contribution is 2.22. The van der Waals surface area contributed by atoms with Gasteiger partial charge in [0.2, 0.25) is 0 Å². The number of pyridine rings is 1. The molecule has 0 saturated carbocycles. The Morgan fingerprint density at radius 1 is 0.846 bits per heavy atom. The molecule has 0 aliphatic rings. The number of benzene rings is 2. The quantitative estimate of drug-likeness (QED) is 0.567. The standard InChI is InChI=1S/C21H17N3OS/c25-19-18-7-4-14-22-20(18)26-21(24-19)23-17-12-10-16(11-13-17)9-8-15-5-2-1-3-6-15/h1-7,10-14H,8-9H2,(H,23,24,25). The number of hydrogen-bond donors (Lipinski definition) is 1. The molecule has 5 heteroatoms. The Labute approximate surface area is 155 Å². The van der Waals surface area contributed by atoms with Gasteiger partial charge in [-0.2, -0.15) is 4.98 Å². The minimum Gasteiger partial charge on any atom is -0.331 e. The zero-order chi connectivity index (χ0) is 17.8. The van der Waals surface area contributed by atoms with Crippen molar-refractivity contribution in [2.45, 2.75) is 12.8 Å². The van der Waals surface area contributed by atoms with Crippen LogP contribution in [0.5, 0.6) is 0 Å². The number of fused-ring (bicyclic) bond motifs is 1. The molecular formula is C21H17N3OS. The summed E-state index contributed by atoms with van der Waals surface area (Å²) in [6.07, 6.45) is 3.70. The summed E-state index contributed by atoms with van der Waals surface area (Å²) in [5.41, 5.74) is 3.27. The Morgan fingerprint density at radius 2 is 1.58 bits per heavy atom. The Kier molecular flexibility index (Phi) is 4.71. The van der Waals surface area contributed by atoms with Crippen molar-refractivity contribution in [3.8, 4) is 0 Å². The molecule has 0 aliphatic heterocycles. The maximum Gasteiger partial charge on any atom is 0.282 e. The number of aryl methyl sites for hydroxylation is 2. The molecule has 0 atom stereocenters. The first kappa shape index (κ1) is 16.4. The third kappa shape index (κ3) is 3.78. The molecule has 1 N–H and O–H groups in total. The molecule has 0 fully saturated rings. The Morgan fingerprint density at radius 3 is 2.35 bits per heavy atom. The van der Waals surface area contributed by atoms with Crippen LogP contribution < -0.4 is 10.9 Å². The van der Waals surface area contributed by atoms with Crippen molar-refractivity contribution in [2.75, 3.05) is 5.32 Å². The van der Waals surface area contributed by atoms with Gasteiger partial charge in [-0.1, -0.05) is 53.8 Å². The Bertz CT molecular complexity index is 1080. The minimum absolute atomic E-state index is 0.256. The van der Waals surface area contributed by atoms with Crippen LogP contribution in [0.15, 0.2) is 77.7 Å². The van der Waals surface area contributed by atoms with Crippen LogP contribution in [0.2, 0.25) is 0 Å². The highest BCUT2D eigenvalue weighted by atomic mass is 32.1. The molecule has 4 aromatic rings. The zero-order valence-corrected chi connectivity index (χ0v) is 14.9. The van der Waals surface area contributed by atoms with E-state index in [-0.39, 0.29) is 5.56 Å². The number of hydrogen-bond acceptors (Lipinski definition) is 5. The van der Waals surface area contributed by atoms with E-state index in [4.69, 9.17) is 0 Å². The van der Waals surface area contributed by atoms with E-state index in [1.807, 2.05) is 18.2 Å². The number of rotatable bonds is 5.